The van der Waals surface area contributed by atoms with Gasteiger partial charge in [-0.3, -0.25) is 9.59 Å². The Hall–Kier alpha value is -2.93. The van der Waals surface area contributed by atoms with Crippen LogP contribution in [0.5, 0.6) is 0 Å². The molecule has 0 fully saturated rings. The number of nitrogens with one attached hydrogen (secondary N) is 2. The molecule has 0 radical (unpaired) electrons. The fourth-order valence-corrected chi connectivity index (χ4v) is 2.86. The second kappa shape index (κ2) is 7.76. The molecule has 3 aromatic rings. The number of carbonyl (C=O) groups is 2. The lowest BCUT2D eigenvalue weighted by Gasteiger charge is -2.13. The summed E-state index contributed by atoms with van der Waals surface area (Å²) in [5.74, 6) is -0.186. The quantitative estimate of drug-likeness (QED) is 0.712. The summed E-state index contributed by atoms with van der Waals surface area (Å²) in [5.41, 5.74) is 1.14. The molecular formula is C18H17N3O3S. The normalized spacial score (nSPS) is 11.7. The number of carbonyl (C=O) groups excluding carboxylic acids is 2. The van der Waals surface area contributed by atoms with Gasteiger partial charge in [0.1, 0.15) is 6.04 Å². The van der Waals surface area contributed by atoms with Crippen molar-refractivity contribution in [1.82, 2.24) is 15.8 Å². The summed E-state index contributed by atoms with van der Waals surface area (Å²) in [6.07, 6.45) is 0. The van der Waals surface area contributed by atoms with Crippen LogP contribution in [0, 0.1) is 0 Å². The Labute approximate surface area is 148 Å². The predicted octanol–water partition coefficient (Wildman–Crippen LogP) is 2.84. The Morgan fingerprint density at radius 3 is 2.72 bits per heavy atom. The van der Waals surface area contributed by atoms with Crippen LogP contribution in [0.15, 0.2) is 58.4 Å². The maximum atomic E-state index is 12.2. The summed E-state index contributed by atoms with van der Waals surface area (Å²) in [6.45, 7) is 2.03. The lowest BCUT2D eigenvalue weighted by molar-refractivity contribution is -0.122. The summed E-state index contributed by atoms with van der Waals surface area (Å²) in [4.78, 5) is 25.2. The Bertz CT molecular complexity index is 844. The van der Waals surface area contributed by atoms with Crippen molar-refractivity contribution >= 4 is 23.2 Å². The van der Waals surface area contributed by atoms with Crippen molar-refractivity contribution < 1.29 is 14.1 Å². The van der Waals surface area contributed by atoms with E-state index in [1.165, 1.54) is 11.3 Å². The smallest absolute Gasteiger partial charge is 0.274 e. The third-order valence-corrected chi connectivity index (χ3v) is 4.44. The highest BCUT2D eigenvalue weighted by molar-refractivity contribution is 7.13. The predicted molar refractivity (Wildman–Crippen MR) is 95.0 cm³/mol. The van der Waals surface area contributed by atoms with Crippen molar-refractivity contribution in [2.24, 2.45) is 0 Å². The first-order chi connectivity index (χ1) is 12.1. The zero-order chi connectivity index (χ0) is 17.6. The first-order valence-corrected chi connectivity index (χ1v) is 8.64. The van der Waals surface area contributed by atoms with E-state index >= 15 is 0 Å². The van der Waals surface area contributed by atoms with E-state index in [0.717, 1.165) is 10.4 Å². The van der Waals surface area contributed by atoms with Gasteiger partial charge in [-0.1, -0.05) is 41.6 Å². The number of thiophene rings is 1. The van der Waals surface area contributed by atoms with Gasteiger partial charge in [-0.25, -0.2) is 0 Å². The van der Waals surface area contributed by atoms with Crippen LogP contribution in [0.1, 0.15) is 23.0 Å². The summed E-state index contributed by atoms with van der Waals surface area (Å²) in [5, 5.41) is 11.1. The van der Waals surface area contributed by atoms with E-state index in [0.29, 0.717) is 12.3 Å². The third-order valence-electron chi connectivity index (χ3n) is 3.56. The fraction of sp³-hybridized carbons (Fsp3) is 0.167. The molecule has 1 atom stereocenters. The summed E-state index contributed by atoms with van der Waals surface area (Å²) in [7, 11) is 0. The monoisotopic (exact) mass is 355 g/mol. The van der Waals surface area contributed by atoms with Crippen molar-refractivity contribution in [2.75, 3.05) is 0 Å². The van der Waals surface area contributed by atoms with Crippen LogP contribution in [0.4, 0.5) is 0 Å². The van der Waals surface area contributed by atoms with Crippen LogP contribution in [0.25, 0.3) is 10.6 Å². The third kappa shape index (κ3) is 4.33. The Kier molecular flexibility index (Phi) is 5.25. The fourth-order valence-electron chi connectivity index (χ4n) is 2.19. The van der Waals surface area contributed by atoms with Gasteiger partial charge in [0.2, 0.25) is 5.91 Å². The zero-order valence-electron chi connectivity index (χ0n) is 13.6. The largest absolute Gasteiger partial charge is 0.355 e. The Morgan fingerprint density at radius 1 is 1.20 bits per heavy atom. The molecule has 2 N–H and O–H groups in total. The molecule has 0 bridgehead atoms. The molecular weight excluding hydrogens is 338 g/mol. The molecule has 128 valence electrons. The molecule has 3 rings (SSSR count). The van der Waals surface area contributed by atoms with E-state index in [9.17, 15) is 9.59 Å². The van der Waals surface area contributed by atoms with Gasteiger partial charge in [0.15, 0.2) is 11.5 Å². The van der Waals surface area contributed by atoms with Crippen molar-refractivity contribution in [2.45, 2.75) is 19.5 Å². The average Bonchev–Trinajstić information content (AvgIpc) is 3.31. The van der Waals surface area contributed by atoms with E-state index in [1.807, 2.05) is 47.8 Å². The number of amides is 2. The van der Waals surface area contributed by atoms with Crippen molar-refractivity contribution in [3.05, 3.63) is 65.2 Å². The first-order valence-electron chi connectivity index (χ1n) is 7.76. The number of hydrogen-bond donors (Lipinski definition) is 2. The van der Waals surface area contributed by atoms with Gasteiger partial charge in [-0.05, 0) is 23.9 Å². The highest BCUT2D eigenvalue weighted by Crippen LogP contribution is 2.25. The summed E-state index contributed by atoms with van der Waals surface area (Å²) in [6, 6.07) is 14.2. The second-order valence-electron chi connectivity index (χ2n) is 5.45. The van der Waals surface area contributed by atoms with Gasteiger partial charge < -0.3 is 15.2 Å². The van der Waals surface area contributed by atoms with Gasteiger partial charge in [0.05, 0.1) is 4.88 Å². The molecule has 0 unspecified atom stereocenters. The Balaban J connectivity index is 1.54. The van der Waals surface area contributed by atoms with Gasteiger partial charge in [0.25, 0.3) is 5.91 Å². The van der Waals surface area contributed by atoms with Crippen molar-refractivity contribution in [3.8, 4) is 10.6 Å². The molecule has 1 aromatic carbocycles. The molecule has 2 aromatic heterocycles. The van der Waals surface area contributed by atoms with Gasteiger partial charge in [-0.2, -0.15) is 0 Å². The number of benzene rings is 1. The average molecular weight is 355 g/mol. The van der Waals surface area contributed by atoms with E-state index in [-0.39, 0.29) is 11.6 Å². The molecule has 2 amide bonds. The van der Waals surface area contributed by atoms with E-state index in [4.69, 9.17) is 4.52 Å². The number of aromatic nitrogens is 1. The minimum absolute atomic E-state index is 0.145. The van der Waals surface area contributed by atoms with Gasteiger partial charge in [-0.15, -0.1) is 11.3 Å². The van der Waals surface area contributed by atoms with Crippen LogP contribution in [0.2, 0.25) is 0 Å². The maximum Gasteiger partial charge on any atom is 0.274 e. The number of rotatable bonds is 6. The van der Waals surface area contributed by atoms with Crippen LogP contribution >= 0.6 is 11.3 Å². The van der Waals surface area contributed by atoms with Crippen molar-refractivity contribution in [1.29, 1.82) is 0 Å². The van der Waals surface area contributed by atoms with Crippen LogP contribution in [0.3, 0.4) is 0 Å². The van der Waals surface area contributed by atoms with Crippen LogP contribution in [-0.2, 0) is 11.3 Å². The molecule has 0 aliphatic carbocycles. The Morgan fingerprint density at radius 2 is 2.00 bits per heavy atom. The maximum absolute atomic E-state index is 12.2. The SMILES string of the molecule is C[C@@H](NC(=O)c1cc(-c2cccs2)on1)C(=O)NCc1ccccc1. The van der Waals surface area contributed by atoms with Gasteiger partial charge >= 0.3 is 0 Å². The number of nitrogens with zero attached hydrogens (tertiary/aromatic N) is 1. The van der Waals surface area contributed by atoms with E-state index < -0.39 is 11.9 Å². The molecule has 0 saturated heterocycles. The van der Waals surface area contributed by atoms with Crippen LogP contribution < -0.4 is 10.6 Å². The molecule has 2 heterocycles. The first kappa shape index (κ1) is 16.9. The van der Waals surface area contributed by atoms with E-state index in [1.54, 1.807) is 13.0 Å². The van der Waals surface area contributed by atoms with Gasteiger partial charge in [0, 0.05) is 12.6 Å². The second-order valence-corrected chi connectivity index (χ2v) is 6.40. The lowest BCUT2D eigenvalue weighted by Crippen LogP contribution is -2.44. The topological polar surface area (TPSA) is 84.2 Å². The van der Waals surface area contributed by atoms with Crippen LogP contribution in [-0.4, -0.2) is 23.0 Å². The molecule has 6 nitrogen and oxygen atoms in total. The molecule has 0 aliphatic rings. The minimum Gasteiger partial charge on any atom is -0.355 e. The highest BCUT2D eigenvalue weighted by Gasteiger charge is 2.19. The molecule has 25 heavy (non-hydrogen) atoms. The molecule has 0 spiro atoms. The summed E-state index contributed by atoms with van der Waals surface area (Å²) < 4.78 is 5.18. The highest BCUT2D eigenvalue weighted by atomic mass is 32.1. The van der Waals surface area contributed by atoms with E-state index in [2.05, 4.69) is 15.8 Å². The van der Waals surface area contributed by atoms with Crippen molar-refractivity contribution in [3.63, 3.8) is 0 Å². The lowest BCUT2D eigenvalue weighted by atomic mass is 10.2. The molecule has 0 saturated carbocycles. The zero-order valence-corrected chi connectivity index (χ0v) is 14.4. The molecule has 7 heteroatoms. The standard InChI is InChI=1S/C18H17N3O3S/c1-12(17(22)19-11-13-6-3-2-4-7-13)20-18(23)14-10-15(24-21-14)16-8-5-9-25-16/h2-10,12H,11H2,1H3,(H,19,22)(H,20,23)/t12-/m1/s1. The minimum atomic E-state index is -0.682. The summed E-state index contributed by atoms with van der Waals surface area (Å²) >= 11 is 1.49. The number of hydrogen-bond acceptors (Lipinski definition) is 5. The molecule has 0 aliphatic heterocycles.